The molecule has 28 heteroatoms. The molecule has 438 valence electrons. The van der Waals surface area contributed by atoms with Gasteiger partial charge in [0.15, 0.2) is 12.2 Å². The standard InChI is InChI=1S/C48H78O28/c49-21-33(22-50)71-43(61)15-5-1-11-39(57)67-29-37(30-68-40(58)12-2-6-16-44(62)72-34(23-51)24-52)75-47(65)19-9-10-20-48(66)76-38(31-69-41(59)13-3-7-17-45(63)73-35(25-53)26-54)32-70-42(60)14-4-8-18-46(64)74-36(27-55)28-56/h33-38,49-56H,1-32H2. The molecule has 0 saturated carbocycles. The Balaban J connectivity index is 5.39. The fourth-order valence-corrected chi connectivity index (χ4v) is 5.96. The van der Waals surface area contributed by atoms with Gasteiger partial charge in [0.2, 0.25) is 0 Å². The average molecular weight is 1100 g/mol. The number of hydrogen-bond donors (Lipinski definition) is 8. The van der Waals surface area contributed by atoms with Crippen molar-refractivity contribution in [2.75, 3.05) is 79.3 Å². The van der Waals surface area contributed by atoms with Crippen LogP contribution < -0.4 is 0 Å². The van der Waals surface area contributed by atoms with E-state index in [2.05, 4.69) is 0 Å². The van der Waals surface area contributed by atoms with Crippen LogP contribution in [0.2, 0.25) is 0 Å². The molecule has 0 rings (SSSR count). The molecule has 8 N–H and O–H groups in total. The lowest BCUT2D eigenvalue weighted by molar-refractivity contribution is -0.167. The molecule has 0 unspecified atom stereocenters. The summed E-state index contributed by atoms with van der Waals surface area (Å²) in [5.74, 6) is -7.45. The molecule has 0 bridgehead atoms. The van der Waals surface area contributed by atoms with Gasteiger partial charge in [-0.25, -0.2) is 0 Å². The molecule has 0 fully saturated rings. The van der Waals surface area contributed by atoms with Crippen LogP contribution in [0.1, 0.15) is 128 Å². The Morgan fingerprint density at radius 1 is 0.211 bits per heavy atom. The summed E-state index contributed by atoms with van der Waals surface area (Å²) in [5, 5.41) is 72.5. The summed E-state index contributed by atoms with van der Waals surface area (Å²) in [7, 11) is 0. The summed E-state index contributed by atoms with van der Waals surface area (Å²) in [5.41, 5.74) is 0. The Bertz CT molecular complexity index is 1450. The number of carbonyl (C=O) groups excluding carboxylic acids is 10. The van der Waals surface area contributed by atoms with Crippen LogP contribution in [0.25, 0.3) is 0 Å². The van der Waals surface area contributed by atoms with Crippen LogP contribution in [-0.4, -0.2) is 216 Å². The van der Waals surface area contributed by atoms with Crippen LogP contribution in [0.4, 0.5) is 0 Å². The van der Waals surface area contributed by atoms with Gasteiger partial charge in [0.1, 0.15) is 50.8 Å². The van der Waals surface area contributed by atoms with E-state index >= 15 is 0 Å². The highest BCUT2D eigenvalue weighted by atomic mass is 16.6. The van der Waals surface area contributed by atoms with Crippen molar-refractivity contribution in [1.29, 1.82) is 0 Å². The van der Waals surface area contributed by atoms with E-state index in [1.54, 1.807) is 0 Å². The highest BCUT2D eigenvalue weighted by molar-refractivity contribution is 5.74. The summed E-state index contributed by atoms with van der Waals surface area (Å²) >= 11 is 0. The molecular weight excluding hydrogens is 1020 g/mol. The molecule has 0 atom stereocenters. The molecule has 0 aromatic heterocycles. The lowest BCUT2D eigenvalue weighted by Crippen LogP contribution is -2.31. The van der Waals surface area contributed by atoms with E-state index < -0.39 is 176 Å². The Kier molecular flexibility index (Phi) is 42.2. The third-order valence-corrected chi connectivity index (χ3v) is 10.2. The molecule has 0 saturated heterocycles. The van der Waals surface area contributed by atoms with Crippen LogP contribution in [0, 0.1) is 0 Å². The SMILES string of the molecule is O=C(CCCCC(=O)OC(CO)CO)OCC(COC(=O)CCCCC(=O)OC(CO)CO)OC(=O)CCCCC(=O)OC(COC(=O)CCCCC(=O)OC(CO)CO)COC(=O)CCCCC(=O)OC(CO)CO. The minimum absolute atomic E-state index is 0.0524. The van der Waals surface area contributed by atoms with E-state index in [9.17, 15) is 47.9 Å². The van der Waals surface area contributed by atoms with Crippen molar-refractivity contribution in [3.8, 4) is 0 Å². The first-order valence-corrected chi connectivity index (χ1v) is 25.1. The first-order chi connectivity index (χ1) is 36.4. The molecule has 0 radical (unpaired) electrons. The summed E-state index contributed by atoms with van der Waals surface area (Å²) in [4.78, 5) is 123. The van der Waals surface area contributed by atoms with Gasteiger partial charge in [-0.15, -0.1) is 0 Å². The van der Waals surface area contributed by atoms with E-state index in [-0.39, 0.29) is 128 Å². The van der Waals surface area contributed by atoms with Crippen molar-refractivity contribution in [2.45, 2.75) is 165 Å². The van der Waals surface area contributed by atoms with Gasteiger partial charge in [-0.2, -0.15) is 0 Å². The maximum atomic E-state index is 12.9. The highest BCUT2D eigenvalue weighted by Crippen LogP contribution is 2.13. The van der Waals surface area contributed by atoms with Crippen molar-refractivity contribution in [3.05, 3.63) is 0 Å². The van der Waals surface area contributed by atoms with Crippen molar-refractivity contribution in [3.63, 3.8) is 0 Å². The Labute approximate surface area is 439 Å². The number of unbranched alkanes of at least 4 members (excludes halogenated alkanes) is 5. The molecule has 76 heavy (non-hydrogen) atoms. The van der Waals surface area contributed by atoms with Crippen molar-refractivity contribution in [1.82, 2.24) is 0 Å². The zero-order valence-electron chi connectivity index (χ0n) is 42.8. The van der Waals surface area contributed by atoms with Gasteiger partial charge in [0.25, 0.3) is 0 Å². The third kappa shape index (κ3) is 38.9. The predicted molar refractivity (Wildman–Crippen MR) is 252 cm³/mol. The van der Waals surface area contributed by atoms with Gasteiger partial charge < -0.3 is 88.2 Å². The molecule has 0 aromatic rings. The molecule has 0 aliphatic heterocycles. The van der Waals surface area contributed by atoms with E-state index in [1.807, 2.05) is 0 Å². The van der Waals surface area contributed by atoms with Gasteiger partial charge in [-0.3, -0.25) is 47.9 Å². The Morgan fingerprint density at radius 3 is 0.487 bits per heavy atom. The van der Waals surface area contributed by atoms with Crippen LogP contribution in [-0.2, 0) is 95.3 Å². The van der Waals surface area contributed by atoms with Crippen molar-refractivity contribution in [2.24, 2.45) is 0 Å². The minimum Gasteiger partial charge on any atom is -0.462 e. The lowest BCUT2D eigenvalue weighted by atomic mass is 10.2. The van der Waals surface area contributed by atoms with Crippen molar-refractivity contribution >= 4 is 59.7 Å². The second-order valence-electron chi connectivity index (χ2n) is 16.9. The van der Waals surface area contributed by atoms with Gasteiger partial charge in [0.05, 0.1) is 52.9 Å². The van der Waals surface area contributed by atoms with Gasteiger partial charge >= 0.3 is 59.7 Å². The number of carbonyl (C=O) groups is 10. The fraction of sp³-hybridized carbons (Fsp3) is 0.792. The Hall–Kier alpha value is -5.62. The van der Waals surface area contributed by atoms with Crippen LogP contribution >= 0.6 is 0 Å². The van der Waals surface area contributed by atoms with Crippen LogP contribution in [0.15, 0.2) is 0 Å². The third-order valence-electron chi connectivity index (χ3n) is 10.2. The second kappa shape index (κ2) is 45.6. The quantitative estimate of drug-likeness (QED) is 0.0193. The Morgan fingerprint density at radius 2 is 0.342 bits per heavy atom. The molecule has 0 aromatic carbocycles. The number of aliphatic hydroxyl groups excluding tert-OH is 8. The predicted octanol–water partition coefficient (Wildman–Crippen LogP) is -1.63. The summed E-state index contributed by atoms with van der Waals surface area (Å²) in [6.45, 7) is -6.76. The zero-order chi connectivity index (χ0) is 56.9. The number of ether oxygens (including phenoxy) is 10. The second-order valence-corrected chi connectivity index (χ2v) is 16.9. The van der Waals surface area contributed by atoms with Gasteiger partial charge in [-0.1, -0.05) is 0 Å². The summed E-state index contributed by atoms with van der Waals surface area (Å²) in [6, 6.07) is 0. The molecular formula is C48H78O28. The van der Waals surface area contributed by atoms with E-state index in [4.69, 9.17) is 88.2 Å². The summed E-state index contributed by atoms with van der Waals surface area (Å²) < 4.78 is 51.2. The number of rotatable bonds is 47. The number of esters is 10. The normalized spacial score (nSPS) is 11.2. The number of hydrogen-bond acceptors (Lipinski definition) is 28. The first-order valence-electron chi connectivity index (χ1n) is 25.1. The van der Waals surface area contributed by atoms with Gasteiger partial charge in [-0.05, 0) is 64.2 Å². The molecule has 0 heterocycles. The maximum absolute atomic E-state index is 12.9. The molecule has 0 amide bonds. The van der Waals surface area contributed by atoms with Crippen molar-refractivity contribution < 1.29 is 136 Å². The van der Waals surface area contributed by atoms with E-state index in [0.29, 0.717) is 0 Å². The lowest BCUT2D eigenvalue weighted by Gasteiger charge is -2.19. The summed E-state index contributed by atoms with van der Waals surface area (Å²) in [6.07, 6.45) is -6.98. The molecule has 28 nitrogen and oxygen atoms in total. The highest BCUT2D eigenvalue weighted by Gasteiger charge is 2.23. The zero-order valence-corrected chi connectivity index (χ0v) is 42.8. The largest absolute Gasteiger partial charge is 0.462 e. The molecule has 0 aliphatic carbocycles. The number of aliphatic hydroxyl groups is 8. The molecule has 0 spiro atoms. The van der Waals surface area contributed by atoms with E-state index in [0.717, 1.165) is 0 Å². The monoisotopic (exact) mass is 1100 g/mol. The van der Waals surface area contributed by atoms with Crippen LogP contribution in [0.5, 0.6) is 0 Å². The van der Waals surface area contributed by atoms with Gasteiger partial charge in [0, 0.05) is 64.2 Å². The maximum Gasteiger partial charge on any atom is 0.306 e. The smallest absolute Gasteiger partial charge is 0.306 e. The molecule has 0 aliphatic rings. The first kappa shape index (κ1) is 70.4. The van der Waals surface area contributed by atoms with Crippen LogP contribution in [0.3, 0.4) is 0 Å². The average Bonchev–Trinajstić information content (AvgIpc) is 3.40. The van der Waals surface area contributed by atoms with E-state index in [1.165, 1.54) is 0 Å². The minimum atomic E-state index is -1.29. The fourth-order valence-electron chi connectivity index (χ4n) is 5.96. The topological polar surface area (TPSA) is 425 Å².